The monoisotopic (exact) mass is 263 g/mol. The second-order valence-corrected chi connectivity index (χ2v) is 4.66. The first-order chi connectivity index (χ1) is 9.81. The maximum Gasteiger partial charge on any atom is 0.227 e. The van der Waals surface area contributed by atoms with Gasteiger partial charge >= 0.3 is 0 Å². The molecule has 0 unspecified atom stereocenters. The molecule has 0 aliphatic heterocycles. The molecule has 0 atom stereocenters. The number of rotatable bonds is 1. The molecular weight excluding hydrogens is 253 g/mol. The molecule has 0 spiro atoms. The van der Waals surface area contributed by atoms with Crippen LogP contribution >= 0.6 is 0 Å². The van der Waals surface area contributed by atoms with Crippen LogP contribution in [0.3, 0.4) is 0 Å². The predicted molar refractivity (Wildman–Crippen MR) is 76.9 cm³/mol. The van der Waals surface area contributed by atoms with Gasteiger partial charge in [-0.05, 0) is 35.7 Å². The van der Waals surface area contributed by atoms with Crippen molar-refractivity contribution >= 4 is 21.9 Å². The Kier molecular flexibility index (Phi) is 2.33. The third-order valence-corrected chi connectivity index (χ3v) is 3.37. The molecule has 0 fully saturated rings. The van der Waals surface area contributed by atoms with Crippen LogP contribution in [0.4, 0.5) is 4.39 Å². The van der Waals surface area contributed by atoms with Crippen LogP contribution in [0, 0.1) is 5.82 Å². The van der Waals surface area contributed by atoms with E-state index >= 15 is 0 Å². The Labute approximate surface area is 114 Å². The van der Waals surface area contributed by atoms with Gasteiger partial charge in [0, 0.05) is 10.9 Å². The first-order valence-electron chi connectivity index (χ1n) is 6.35. The molecule has 3 heteroatoms. The number of nitrogens with zero attached hydrogens (tertiary/aromatic N) is 1. The van der Waals surface area contributed by atoms with Crippen LogP contribution in [-0.2, 0) is 0 Å². The fourth-order valence-corrected chi connectivity index (χ4v) is 2.38. The van der Waals surface area contributed by atoms with Crippen molar-refractivity contribution in [3.63, 3.8) is 0 Å². The molecule has 3 aromatic carbocycles. The van der Waals surface area contributed by atoms with E-state index in [1.807, 2.05) is 36.4 Å². The minimum atomic E-state index is -0.268. The van der Waals surface area contributed by atoms with Gasteiger partial charge in [-0.1, -0.05) is 30.3 Å². The number of benzene rings is 3. The van der Waals surface area contributed by atoms with Gasteiger partial charge < -0.3 is 4.42 Å². The average Bonchev–Trinajstić information content (AvgIpc) is 2.92. The lowest BCUT2D eigenvalue weighted by atomic mass is 10.1. The standard InChI is InChI=1S/C17H10FNO/c18-13-8-5-12(6-9-13)17-19-16-14-4-2-1-3-11(14)7-10-15(16)20-17/h1-10H. The van der Waals surface area contributed by atoms with E-state index in [4.69, 9.17) is 4.42 Å². The minimum Gasteiger partial charge on any atom is -0.436 e. The lowest BCUT2D eigenvalue weighted by Crippen LogP contribution is -1.78. The van der Waals surface area contributed by atoms with Crippen LogP contribution in [0.2, 0.25) is 0 Å². The Morgan fingerprint density at radius 1 is 0.850 bits per heavy atom. The van der Waals surface area contributed by atoms with E-state index in [-0.39, 0.29) is 5.82 Å². The third kappa shape index (κ3) is 1.67. The molecule has 4 rings (SSSR count). The minimum absolute atomic E-state index is 0.268. The van der Waals surface area contributed by atoms with E-state index in [9.17, 15) is 4.39 Å². The second-order valence-electron chi connectivity index (χ2n) is 4.66. The smallest absolute Gasteiger partial charge is 0.227 e. The molecule has 2 nitrogen and oxygen atoms in total. The largest absolute Gasteiger partial charge is 0.436 e. The SMILES string of the molecule is Fc1ccc(-c2nc3c(ccc4ccccc43)o2)cc1. The summed E-state index contributed by atoms with van der Waals surface area (Å²) in [5.41, 5.74) is 2.34. The highest BCUT2D eigenvalue weighted by molar-refractivity contribution is 6.03. The Hall–Kier alpha value is -2.68. The van der Waals surface area contributed by atoms with E-state index in [1.54, 1.807) is 12.1 Å². The Morgan fingerprint density at radius 2 is 1.65 bits per heavy atom. The zero-order valence-electron chi connectivity index (χ0n) is 10.5. The molecular formula is C17H10FNO. The first kappa shape index (κ1) is 11.2. The van der Waals surface area contributed by atoms with Crippen molar-refractivity contribution in [3.05, 3.63) is 66.5 Å². The molecule has 0 saturated heterocycles. The van der Waals surface area contributed by atoms with Crippen LogP contribution in [0.25, 0.3) is 33.3 Å². The maximum atomic E-state index is 13.0. The average molecular weight is 263 g/mol. The Morgan fingerprint density at radius 3 is 2.50 bits per heavy atom. The number of fused-ring (bicyclic) bond motifs is 3. The van der Waals surface area contributed by atoms with Gasteiger partial charge in [-0.15, -0.1) is 0 Å². The quantitative estimate of drug-likeness (QED) is 0.493. The van der Waals surface area contributed by atoms with Crippen molar-refractivity contribution in [1.82, 2.24) is 4.98 Å². The third-order valence-electron chi connectivity index (χ3n) is 3.37. The summed E-state index contributed by atoms with van der Waals surface area (Å²) < 4.78 is 18.7. The van der Waals surface area contributed by atoms with Gasteiger partial charge in [0.05, 0.1) is 0 Å². The molecule has 0 bridgehead atoms. The van der Waals surface area contributed by atoms with Crippen molar-refractivity contribution in [2.75, 3.05) is 0 Å². The Bertz CT molecular complexity index is 909. The zero-order chi connectivity index (χ0) is 13.5. The second kappa shape index (κ2) is 4.17. The predicted octanol–water partition coefficient (Wildman–Crippen LogP) is 4.79. The van der Waals surface area contributed by atoms with Crippen LogP contribution < -0.4 is 0 Å². The summed E-state index contributed by atoms with van der Waals surface area (Å²) in [4.78, 5) is 4.55. The molecule has 0 radical (unpaired) electrons. The summed E-state index contributed by atoms with van der Waals surface area (Å²) in [5, 5.41) is 2.18. The molecule has 0 amide bonds. The van der Waals surface area contributed by atoms with Gasteiger partial charge in [0.25, 0.3) is 0 Å². The van der Waals surface area contributed by atoms with E-state index in [2.05, 4.69) is 4.98 Å². The van der Waals surface area contributed by atoms with Crippen LogP contribution in [-0.4, -0.2) is 4.98 Å². The van der Waals surface area contributed by atoms with Crippen molar-refractivity contribution in [2.24, 2.45) is 0 Å². The number of halogens is 1. The lowest BCUT2D eigenvalue weighted by Gasteiger charge is -1.95. The van der Waals surface area contributed by atoms with Crippen molar-refractivity contribution < 1.29 is 8.81 Å². The summed E-state index contributed by atoms with van der Waals surface area (Å²) in [5.74, 6) is 0.242. The molecule has 1 aromatic heterocycles. The van der Waals surface area contributed by atoms with Crippen LogP contribution in [0.5, 0.6) is 0 Å². The number of aromatic nitrogens is 1. The van der Waals surface area contributed by atoms with Crippen molar-refractivity contribution in [1.29, 1.82) is 0 Å². The molecule has 20 heavy (non-hydrogen) atoms. The molecule has 0 N–H and O–H groups in total. The summed E-state index contributed by atoms with van der Waals surface area (Å²) in [6.45, 7) is 0. The summed E-state index contributed by atoms with van der Waals surface area (Å²) in [7, 11) is 0. The van der Waals surface area contributed by atoms with Crippen LogP contribution in [0.1, 0.15) is 0 Å². The van der Waals surface area contributed by atoms with Crippen LogP contribution in [0.15, 0.2) is 65.1 Å². The molecule has 0 aliphatic carbocycles. The summed E-state index contributed by atoms with van der Waals surface area (Å²) in [6.07, 6.45) is 0. The van der Waals surface area contributed by atoms with Gasteiger partial charge in [0.15, 0.2) is 5.58 Å². The van der Waals surface area contributed by atoms with Crippen molar-refractivity contribution in [3.8, 4) is 11.5 Å². The van der Waals surface area contributed by atoms with Gasteiger partial charge in [-0.3, -0.25) is 0 Å². The topological polar surface area (TPSA) is 26.0 Å². The normalized spacial score (nSPS) is 11.2. The van der Waals surface area contributed by atoms with Gasteiger partial charge in [-0.25, -0.2) is 9.37 Å². The zero-order valence-corrected chi connectivity index (χ0v) is 10.5. The highest BCUT2D eigenvalue weighted by Gasteiger charge is 2.10. The first-order valence-corrected chi connectivity index (χ1v) is 6.35. The molecule has 4 aromatic rings. The van der Waals surface area contributed by atoms with Crippen molar-refractivity contribution in [2.45, 2.75) is 0 Å². The summed E-state index contributed by atoms with van der Waals surface area (Å²) in [6, 6.07) is 18.1. The number of hydrogen-bond donors (Lipinski definition) is 0. The van der Waals surface area contributed by atoms with E-state index < -0.39 is 0 Å². The lowest BCUT2D eigenvalue weighted by molar-refractivity contribution is 0.616. The van der Waals surface area contributed by atoms with E-state index in [1.165, 1.54) is 12.1 Å². The number of hydrogen-bond acceptors (Lipinski definition) is 2. The fourth-order valence-electron chi connectivity index (χ4n) is 2.38. The molecule has 0 saturated carbocycles. The van der Waals surface area contributed by atoms with E-state index in [0.717, 1.165) is 27.4 Å². The maximum absolute atomic E-state index is 13.0. The summed E-state index contributed by atoms with van der Waals surface area (Å²) >= 11 is 0. The molecule has 1 heterocycles. The van der Waals surface area contributed by atoms with Gasteiger partial charge in [0.2, 0.25) is 5.89 Å². The fraction of sp³-hybridized carbons (Fsp3) is 0. The Balaban J connectivity index is 1.98. The highest BCUT2D eigenvalue weighted by atomic mass is 19.1. The highest BCUT2D eigenvalue weighted by Crippen LogP contribution is 2.29. The van der Waals surface area contributed by atoms with Gasteiger partial charge in [0.1, 0.15) is 11.3 Å². The molecule has 96 valence electrons. The van der Waals surface area contributed by atoms with E-state index in [0.29, 0.717) is 5.89 Å². The molecule has 0 aliphatic rings. The number of oxazole rings is 1. The van der Waals surface area contributed by atoms with Gasteiger partial charge in [-0.2, -0.15) is 0 Å².